The van der Waals surface area contributed by atoms with E-state index in [0.29, 0.717) is 4.91 Å². The normalized spacial score (nSPS) is 23.9. The number of carbonyl (C=O) groups excluding carboxylic acids is 2. The van der Waals surface area contributed by atoms with Crippen LogP contribution in [0.1, 0.15) is 27.2 Å². The number of hydrogen-bond acceptors (Lipinski definition) is 8. The molecule has 0 aromatic heterocycles. The number of halogens is 1. The monoisotopic (exact) mass is 500 g/mol. The summed E-state index contributed by atoms with van der Waals surface area (Å²) < 4.78 is 32.5. The predicted octanol–water partition coefficient (Wildman–Crippen LogP) is 0.790. The number of fused-ring (bicyclic) bond motifs is 1. The Balaban J connectivity index is 2.11. The zero-order valence-electron chi connectivity index (χ0n) is 15.4. The van der Waals surface area contributed by atoms with Gasteiger partial charge in [0.05, 0.1) is 28.8 Å². The predicted molar refractivity (Wildman–Crippen MR) is 103 cm³/mol. The van der Waals surface area contributed by atoms with E-state index < -0.39 is 40.3 Å². The number of alkyl halides is 1. The maximum absolute atomic E-state index is 12.5. The summed E-state index contributed by atoms with van der Waals surface area (Å²) in [5, 5.41) is 12.2. The van der Waals surface area contributed by atoms with Gasteiger partial charge in [0, 0.05) is 24.8 Å². The third-order valence-electron chi connectivity index (χ3n) is 4.19. The van der Waals surface area contributed by atoms with Crippen molar-refractivity contribution in [3.63, 3.8) is 0 Å². The zero-order chi connectivity index (χ0) is 21.2. The molecule has 2 heterocycles. The van der Waals surface area contributed by atoms with Crippen molar-refractivity contribution in [2.75, 3.05) is 13.2 Å². The molecule has 0 saturated carbocycles. The molecular weight excluding hydrogens is 480 g/mol. The van der Waals surface area contributed by atoms with Crippen LogP contribution in [-0.2, 0) is 33.1 Å². The molecule has 0 aromatic carbocycles. The van der Waals surface area contributed by atoms with Crippen molar-refractivity contribution in [2.45, 2.75) is 43.5 Å². The Labute approximate surface area is 175 Å². The Morgan fingerprint density at radius 2 is 2.11 bits per heavy atom. The molecule has 2 amide bonds. The van der Waals surface area contributed by atoms with Crippen LogP contribution < -0.4 is 5.32 Å². The molecule has 2 aliphatic rings. The van der Waals surface area contributed by atoms with Gasteiger partial charge < -0.3 is 15.3 Å². The smallest absolute Gasteiger partial charge is 0.400 e. The minimum Gasteiger partial charge on any atom is -0.477 e. The summed E-state index contributed by atoms with van der Waals surface area (Å²) in [6, 6.07) is -0.506. The van der Waals surface area contributed by atoms with Crippen LogP contribution in [-0.4, -0.2) is 65.7 Å². The topological polar surface area (TPSA) is 139 Å². The van der Waals surface area contributed by atoms with Crippen LogP contribution in [0, 0.1) is 5.92 Å². The average Bonchev–Trinajstić information content (AvgIpc) is 2.86. The van der Waals surface area contributed by atoms with Gasteiger partial charge in [-0.05, 0) is 13.8 Å². The third kappa shape index (κ3) is 5.06. The molecule has 1 saturated heterocycles. The number of rotatable bonds is 10. The molecule has 0 bridgehead atoms. The third-order valence-corrected chi connectivity index (χ3v) is 7.21. The Morgan fingerprint density at radius 1 is 1.46 bits per heavy atom. The summed E-state index contributed by atoms with van der Waals surface area (Å²) >= 11 is 4.56. The van der Waals surface area contributed by atoms with Crippen LogP contribution >= 0.6 is 27.7 Å². The Hall–Kier alpha value is -1.15. The lowest BCUT2D eigenvalue weighted by molar-refractivity contribution is -0.160. The van der Waals surface area contributed by atoms with Crippen molar-refractivity contribution >= 4 is 55.9 Å². The number of nitrogens with zero attached hydrogens (tertiary/aromatic N) is 1. The lowest BCUT2D eigenvalue weighted by atomic mass is 9.83. The summed E-state index contributed by atoms with van der Waals surface area (Å²) in [7, 11) is -4.24. The molecule has 2 N–H and O–H groups in total. The number of thioether (sulfide) groups is 1. The van der Waals surface area contributed by atoms with Crippen molar-refractivity contribution < 1.29 is 36.3 Å². The van der Waals surface area contributed by atoms with E-state index in [0.717, 1.165) is 0 Å². The molecule has 13 heteroatoms. The molecule has 0 spiro atoms. The van der Waals surface area contributed by atoms with E-state index in [-0.39, 0.29) is 35.3 Å². The molecule has 0 aliphatic carbocycles. The molecule has 0 aromatic rings. The summed E-state index contributed by atoms with van der Waals surface area (Å²) in [6.45, 7) is 4.46. The molecule has 0 radical (unpaired) electrons. The van der Waals surface area contributed by atoms with Gasteiger partial charge in [0.2, 0.25) is 11.8 Å². The van der Waals surface area contributed by atoms with Crippen molar-refractivity contribution in [3.8, 4) is 0 Å². The molecule has 2 aliphatic heterocycles. The Bertz CT molecular complexity index is 800. The van der Waals surface area contributed by atoms with Crippen molar-refractivity contribution in [2.24, 2.45) is 5.92 Å². The van der Waals surface area contributed by atoms with E-state index in [4.69, 9.17) is 4.18 Å². The minimum atomic E-state index is -4.24. The van der Waals surface area contributed by atoms with Gasteiger partial charge >= 0.3 is 16.4 Å². The van der Waals surface area contributed by atoms with Crippen LogP contribution in [0.4, 0.5) is 0 Å². The molecular formula is C15H21BrN2O8S2. The number of hydrogen-bond donors (Lipinski definition) is 2. The first-order valence-corrected chi connectivity index (χ1v) is 11.5. The molecule has 28 heavy (non-hydrogen) atoms. The average molecular weight is 501 g/mol. The van der Waals surface area contributed by atoms with Crippen LogP contribution in [0.5, 0.6) is 0 Å². The van der Waals surface area contributed by atoms with Crippen molar-refractivity contribution in [3.05, 3.63) is 10.6 Å². The summed E-state index contributed by atoms with van der Waals surface area (Å²) in [5.41, 5.74) is -0.122. The highest BCUT2D eigenvalue weighted by Crippen LogP contribution is 2.49. The second kappa shape index (κ2) is 9.11. The van der Waals surface area contributed by atoms with Gasteiger partial charge in [0.15, 0.2) is 0 Å². The van der Waals surface area contributed by atoms with E-state index >= 15 is 0 Å². The van der Waals surface area contributed by atoms with E-state index in [1.165, 1.54) is 37.4 Å². The van der Waals surface area contributed by atoms with Gasteiger partial charge in [0.25, 0.3) is 0 Å². The SMILES string of the molecule is CCOS(=O)(=O)O[C@@H](C)[C@@H]1C(=O)N2C(C(=O)O)=C(SC(Br)CNC(C)=O)C[C@H]12. The van der Waals surface area contributed by atoms with Crippen molar-refractivity contribution in [1.82, 2.24) is 10.2 Å². The van der Waals surface area contributed by atoms with Gasteiger partial charge in [-0.15, -0.1) is 11.8 Å². The Morgan fingerprint density at radius 3 is 2.64 bits per heavy atom. The fraction of sp³-hybridized carbons (Fsp3) is 0.667. The fourth-order valence-corrected chi connectivity index (χ4v) is 5.87. The number of carbonyl (C=O) groups is 3. The maximum Gasteiger partial charge on any atom is 0.400 e. The first-order valence-electron chi connectivity index (χ1n) is 8.40. The fourth-order valence-electron chi connectivity index (χ4n) is 3.16. The van der Waals surface area contributed by atoms with Crippen LogP contribution in [0.25, 0.3) is 0 Å². The number of amides is 2. The van der Waals surface area contributed by atoms with Crippen LogP contribution in [0.15, 0.2) is 10.6 Å². The quantitative estimate of drug-likeness (QED) is 0.329. The number of β-lactam (4-membered cyclic amide) rings is 1. The van der Waals surface area contributed by atoms with E-state index in [9.17, 15) is 27.9 Å². The summed E-state index contributed by atoms with van der Waals surface area (Å²) in [5.74, 6) is -2.77. The van der Waals surface area contributed by atoms with E-state index in [1.54, 1.807) is 0 Å². The first-order chi connectivity index (χ1) is 13.0. The highest BCUT2D eigenvalue weighted by molar-refractivity contribution is 9.11. The standard InChI is InChI=1S/C15H21BrN2O8S2/c1-4-25-28(23,24)26-7(2)12-9-5-10(27-11(16)6-17-8(3)19)13(15(21)22)18(9)14(12)20/h7,9,11-12H,4-6H2,1-3H3,(H,17,19)(H,21,22)/t7-,9+,11?,12-/m0/s1. The van der Waals surface area contributed by atoms with Gasteiger partial charge in [-0.1, -0.05) is 15.9 Å². The first kappa shape index (κ1) is 23.1. The van der Waals surface area contributed by atoms with Gasteiger partial charge in [-0.2, -0.15) is 8.42 Å². The van der Waals surface area contributed by atoms with Crippen molar-refractivity contribution in [1.29, 1.82) is 0 Å². The second-order valence-electron chi connectivity index (χ2n) is 6.16. The Kier molecular flexibility index (Phi) is 7.53. The van der Waals surface area contributed by atoms with Gasteiger partial charge in [0.1, 0.15) is 5.70 Å². The highest BCUT2D eigenvalue weighted by atomic mass is 79.9. The number of aliphatic carboxylic acids is 1. The van der Waals surface area contributed by atoms with Crippen LogP contribution in [0.2, 0.25) is 0 Å². The van der Waals surface area contributed by atoms with E-state index in [2.05, 4.69) is 25.4 Å². The lowest BCUT2D eigenvalue weighted by Gasteiger charge is -2.45. The maximum atomic E-state index is 12.5. The number of carboxylic acid groups (broad SMARTS) is 1. The molecule has 4 atom stereocenters. The molecule has 10 nitrogen and oxygen atoms in total. The zero-order valence-corrected chi connectivity index (χ0v) is 18.6. The molecule has 158 valence electrons. The summed E-state index contributed by atoms with van der Waals surface area (Å²) in [6.07, 6.45) is -0.739. The van der Waals surface area contributed by atoms with E-state index in [1.807, 2.05) is 0 Å². The van der Waals surface area contributed by atoms with Gasteiger partial charge in [-0.25, -0.2) is 13.2 Å². The number of nitrogens with one attached hydrogen (secondary N) is 1. The number of carboxylic acids is 1. The molecule has 1 unspecified atom stereocenters. The second-order valence-corrected chi connectivity index (χ2v) is 10.4. The lowest BCUT2D eigenvalue weighted by Crippen LogP contribution is -2.62. The summed E-state index contributed by atoms with van der Waals surface area (Å²) in [4.78, 5) is 36.9. The van der Waals surface area contributed by atoms with Crippen LogP contribution in [0.3, 0.4) is 0 Å². The molecule has 2 rings (SSSR count). The highest BCUT2D eigenvalue weighted by Gasteiger charge is 2.58. The van der Waals surface area contributed by atoms with Gasteiger partial charge in [-0.3, -0.25) is 9.59 Å². The largest absolute Gasteiger partial charge is 0.477 e. The minimum absolute atomic E-state index is 0.102. The molecule has 1 fully saturated rings.